The van der Waals surface area contributed by atoms with Crippen LogP contribution in [-0.2, 0) is 4.79 Å². The number of hydrogen-bond donors (Lipinski definition) is 0. The highest BCUT2D eigenvalue weighted by Gasteiger charge is 2.31. The summed E-state index contributed by atoms with van der Waals surface area (Å²) in [6.07, 6.45) is 9.43. The second kappa shape index (κ2) is 3.70. The van der Waals surface area contributed by atoms with Crippen molar-refractivity contribution in [2.75, 3.05) is 0 Å². The Hall–Kier alpha value is -0.850. The smallest absolute Gasteiger partial charge is 0.142 e. The van der Waals surface area contributed by atoms with Crippen LogP contribution in [0.15, 0.2) is 24.8 Å². The molecule has 0 spiro atoms. The molecule has 0 saturated carbocycles. The number of Topliss-reactive ketones (excluding diaryl/α,β-unsaturated/α-hetero) is 1. The van der Waals surface area contributed by atoms with Gasteiger partial charge in [-0.2, -0.15) is 0 Å². The summed E-state index contributed by atoms with van der Waals surface area (Å²) in [6.45, 7) is 5.65. The van der Waals surface area contributed by atoms with Gasteiger partial charge in [0.25, 0.3) is 0 Å². The number of rotatable bonds is 3. The van der Waals surface area contributed by atoms with E-state index in [4.69, 9.17) is 0 Å². The van der Waals surface area contributed by atoms with Crippen LogP contribution in [0.1, 0.15) is 32.6 Å². The normalized spacial score (nSPS) is 28.4. The topological polar surface area (TPSA) is 17.1 Å². The van der Waals surface area contributed by atoms with Gasteiger partial charge >= 0.3 is 0 Å². The molecule has 0 aromatic heterocycles. The molecule has 1 unspecified atom stereocenters. The van der Waals surface area contributed by atoms with Crippen LogP contribution >= 0.6 is 0 Å². The maximum Gasteiger partial charge on any atom is 0.142 e. The highest BCUT2D eigenvalue weighted by Crippen LogP contribution is 2.33. The lowest BCUT2D eigenvalue weighted by Crippen LogP contribution is -2.28. The van der Waals surface area contributed by atoms with Crippen molar-refractivity contribution in [2.24, 2.45) is 5.41 Å². The van der Waals surface area contributed by atoms with Crippen molar-refractivity contribution < 1.29 is 4.79 Å². The van der Waals surface area contributed by atoms with E-state index in [9.17, 15) is 4.79 Å². The molecule has 1 nitrogen and oxygen atoms in total. The summed E-state index contributed by atoms with van der Waals surface area (Å²) in [6, 6.07) is 0. The number of carbonyl (C=O) groups is 1. The second-order valence-electron chi connectivity index (χ2n) is 3.69. The molecule has 0 fully saturated rings. The van der Waals surface area contributed by atoms with E-state index in [0.717, 1.165) is 19.3 Å². The molecule has 0 radical (unpaired) electrons. The van der Waals surface area contributed by atoms with E-state index in [1.165, 1.54) is 0 Å². The van der Waals surface area contributed by atoms with Gasteiger partial charge in [-0.05, 0) is 19.3 Å². The Balaban J connectivity index is 2.63. The van der Waals surface area contributed by atoms with Gasteiger partial charge in [0.15, 0.2) is 0 Å². The monoisotopic (exact) mass is 164 g/mol. The molecule has 0 N–H and O–H groups in total. The summed E-state index contributed by atoms with van der Waals surface area (Å²) in [7, 11) is 0. The molecule has 1 heteroatoms. The zero-order chi connectivity index (χ0) is 9.03. The Morgan fingerprint density at radius 1 is 1.67 bits per heavy atom. The van der Waals surface area contributed by atoms with Crippen molar-refractivity contribution in [1.82, 2.24) is 0 Å². The molecule has 0 aromatic carbocycles. The summed E-state index contributed by atoms with van der Waals surface area (Å²) in [4.78, 5) is 11.6. The van der Waals surface area contributed by atoms with Crippen LogP contribution in [0.2, 0.25) is 0 Å². The Morgan fingerprint density at radius 3 is 2.92 bits per heavy atom. The lowest BCUT2D eigenvalue weighted by Gasteiger charge is -2.28. The van der Waals surface area contributed by atoms with E-state index in [2.05, 4.69) is 25.7 Å². The van der Waals surface area contributed by atoms with Crippen LogP contribution in [-0.4, -0.2) is 5.78 Å². The molecular formula is C11H16O. The van der Waals surface area contributed by atoms with Crippen LogP contribution < -0.4 is 0 Å². The summed E-state index contributed by atoms with van der Waals surface area (Å²) < 4.78 is 0. The van der Waals surface area contributed by atoms with E-state index < -0.39 is 0 Å². The van der Waals surface area contributed by atoms with Crippen LogP contribution in [0.5, 0.6) is 0 Å². The number of allylic oxidation sites excluding steroid dienone is 3. The minimum Gasteiger partial charge on any atom is -0.299 e. The third kappa shape index (κ3) is 1.84. The molecule has 1 atom stereocenters. The second-order valence-corrected chi connectivity index (χ2v) is 3.69. The minimum absolute atomic E-state index is 0.108. The number of carbonyl (C=O) groups excluding carboxylic acids is 1. The van der Waals surface area contributed by atoms with E-state index in [1.54, 1.807) is 6.08 Å². The van der Waals surface area contributed by atoms with Gasteiger partial charge in [0, 0.05) is 11.8 Å². The summed E-state index contributed by atoms with van der Waals surface area (Å²) in [5, 5.41) is 0. The number of ketones is 1. The fourth-order valence-electron chi connectivity index (χ4n) is 1.60. The quantitative estimate of drug-likeness (QED) is 0.586. The molecule has 0 aromatic rings. The maximum absolute atomic E-state index is 11.6. The minimum atomic E-state index is -0.108. The predicted molar refractivity (Wildman–Crippen MR) is 50.9 cm³/mol. The van der Waals surface area contributed by atoms with Crippen molar-refractivity contribution in [3.63, 3.8) is 0 Å². The van der Waals surface area contributed by atoms with Crippen LogP contribution in [0.25, 0.3) is 0 Å². The Bertz CT molecular complexity index is 215. The van der Waals surface area contributed by atoms with E-state index in [1.807, 2.05) is 0 Å². The summed E-state index contributed by atoms with van der Waals surface area (Å²) >= 11 is 0. The average Bonchev–Trinajstić information content (AvgIpc) is 2.06. The van der Waals surface area contributed by atoms with Crippen LogP contribution in [0, 0.1) is 5.41 Å². The van der Waals surface area contributed by atoms with Gasteiger partial charge in [-0.25, -0.2) is 0 Å². The predicted octanol–water partition coefficient (Wildman–Crippen LogP) is 2.88. The first-order valence-corrected chi connectivity index (χ1v) is 4.48. The Morgan fingerprint density at radius 2 is 2.42 bits per heavy atom. The van der Waals surface area contributed by atoms with Crippen LogP contribution in [0.4, 0.5) is 0 Å². The molecule has 1 aliphatic carbocycles. The first-order valence-electron chi connectivity index (χ1n) is 4.48. The van der Waals surface area contributed by atoms with Gasteiger partial charge in [-0.1, -0.05) is 25.2 Å². The molecule has 0 aliphatic heterocycles. The zero-order valence-corrected chi connectivity index (χ0v) is 7.68. The molecule has 12 heavy (non-hydrogen) atoms. The van der Waals surface area contributed by atoms with Gasteiger partial charge in [-0.3, -0.25) is 4.79 Å². The first-order chi connectivity index (χ1) is 5.69. The van der Waals surface area contributed by atoms with Crippen molar-refractivity contribution in [3.8, 4) is 0 Å². The SMILES string of the molecule is C=CCC(=O)C1(C)CC=CCC1. The average molecular weight is 164 g/mol. The van der Waals surface area contributed by atoms with Gasteiger partial charge < -0.3 is 0 Å². The fraction of sp³-hybridized carbons (Fsp3) is 0.545. The van der Waals surface area contributed by atoms with Crippen molar-refractivity contribution >= 4 is 5.78 Å². The van der Waals surface area contributed by atoms with Gasteiger partial charge in [0.05, 0.1) is 0 Å². The highest BCUT2D eigenvalue weighted by molar-refractivity contribution is 5.85. The summed E-state index contributed by atoms with van der Waals surface area (Å²) in [5.74, 6) is 0.335. The Kier molecular flexibility index (Phi) is 2.85. The molecule has 0 amide bonds. The van der Waals surface area contributed by atoms with Gasteiger partial charge in [-0.15, -0.1) is 6.58 Å². The number of hydrogen-bond acceptors (Lipinski definition) is 1. The van der Waals surface area contributed by atoms with Crippen molar-refractivity contribution in [2.45, 2.75) is 32.6 Å². The molecule has 1 rings (SSSR count). The molecule has 1 aliphatic rings. The maximum atomic E-state index is 11.6. The van der Waals surface area contributed by atoms with E-state index in [0.29, 0.717) is 12.2 Å². The lowest BCUT2D eigenvalue weighted by molar-refractivity contribution is -0.127. The van der Waals surface area contributed by atoms with Gasteiger partial charge in [0.1, 0.15) is 5.78 Å². The molecule has 0 heterocycles. The highest BCUT2D eigenvalue weighted by atomic mass is 16.1. The zero-order valence-electron chi connectivity index (χ0n) is 7.68. The standard InChI is InChI=1S/C11H16O/c1-3-7-10(12)11(2)8-5-4-6-9-11/h3-5H,1,6-9H2,2H3. The van der Waals surface area contributed by atoms with E-state index >= 15 is 0 Å². The van der Waals surface area contributed by atoms with Crippen molar-refractivity contribution in [1.29, 1.82) is 0 Å². The molecule has 66 valence electrons. The van der Waals surface area contributed by atoms with Crippen molar-refractivity contribution in [3.05, 3.63) is 24.8 Å². The summed E-state index contributed by atoms with van der Waals surface area (Å²) in [5.41, 5.74) is -0.108. The lowest BCUT2D eigenvalue weighted by atomic mass is 9.74. The molecule has 0 saturated heterocycles. The van der Waals surface area contributed by atoms with E-state index in [-0.39, 0.29) is 5.41 Å². The first kappa shape index (κ1) is 9.24. The molecular weight excluding hydrogens is 148 g/mol. The third-order valence-electron chi connectivity index (χ3n) is 2.60. The third-order valence-corrected chi connectivity index (χ3v) is 2.60. The molecule has 0 bridgehead atoms. The van der Waals surface area contributed by atoms with Crippen LogP contribution in [0.3, 0.4) is 0 Å². The largest absolute Gasteiger partial charge is 0.299 e. The Labute approximate surface area is 74.2 Å². The van der Waals surface area contributed by atoms with Gasteiger partial charge in [0.2, 0.25) is 0 Å². The fourth-order valence-corrected chi connectivity index (χ4v) is 1.60.